The fourth-order valence-electron chi connectivity index (χ4n) is 0.899. The van der Waals surface area contributed by atoms with Gasteiger partial charge >= 0.3 is 6.09 Å². The van der Waals surface area contributed by atoms with Gasteiger partial charge in [-0.3, -0.25) is 0 Å². The lowest BCUT2D eigenvalue weighted by Gasteiger charge is -2.21. The van der Waals surface area contributed by atoms with Crippen LogP contribution in [0.25, 0.3) is 0 Å². The molecule has 0 bridgehead atoms. The van der Waals surface area contributed by atoms with Crippen LogP contribution in [-0.4, -0.2) is 31.9 Å². The van der Waals surface area contributed by atoms with Gasteiger partial charge in [-0.1, -0.05) is 0 Å². The third-order valence-electron chi connectivity index (χ3n) is 1.25. The maximum absolute atomic E-state index is 11.2. The quantitative estimate of drug-likeness (QED) is 0.733. The summed E-state index contributed by atoms with van der Waals surface area (Å²) in [6.07, 6.45) is -0.654. The van der Waals surface area contributed by atoms with Gasteiger partial charge in [0, 0.05) is 6.04 Å². The minimum absolute atomic E-state index is 0.313. The van der Waals surface area contributed by atoms with Crippen molar-refractivity contribution < 1.29 is 17.9 Å². The van der Waals surface area contributed by atoms with E-state index >= 15 is 0 Å². The summed E-state index contributed by atoms with van der Waals surface area (Å²) in [4.78, 5) is 11.2. The van der Waals surface area contributed by atoms with Crippen LogP contribution < -0.4 is 10.5 Å². The van der Waals surface area contributed by atoms with Crippen LogP contribution in [0.15, 0.2) is 0 Å². The lowest BCUT2D eigenvalue weighted by atomic mass is 10.2. The molecule has 0 saturated carbocycles. The van der Waals surface area contributed by atoms with E-state index in [1.807, 2.05) is 0 Å². The van der Waals surface area contributed by atoms with Crippen LogP contribution in [0.1, 0.15) is 27.7 Å². The molecule has 0 aliphatic heterocycles. The molecule has 0 heterocycles. The Hall–Kier alpha value is -0.820. The number of primary sulfonamides is 1. The molecule has 0 aliphatic carbocycles. The lowest BCUT2D eigenvalue weighted by molar-refractivity contribution is 0.0513. The van der Waals surface area contributed by atoms with Gasteiger partial charge < -0.3 is 10.1 Å². The highest BCUT2D eigenvalue weighted by Crippen LogP contribution is 2.06. The van der Waals surface area contributed by atoms with Gasteiger partial charge in [-0.2, -0.15) is 0 Å². The van der Waals surface area contributed by atoms with Gasteiger partial charge in [-0.05, 0) is 27.7 Å². The minimum atomic E-state index is -3.58. The number of carbonyl (C=O) groups excluding carboxylic acids is 1. The average molecular weight is 238 g/mol. The molecule has 1 atom stereocenters. The summed E-state index contributed by atoms with van der Waals surface area (Å²) in [5.74, 6) is -0.313. The van der Waals surface area contributed by atoms with E-state index < -0.39 is 27.8 Å². The molecule has 0 aromatic carbocycles. The minimum Gasteiger partial charge on any atom is -0.444 e. The standard InChI is InChI=1S/C8H18N2O4S/c1-6(5-15(9,12)13)10-7(11)14-8(2,3)4/h6H,5H2,1-4H3,(H,10,11)(H2,9,12,13)/t6-/m1/s1. The van der Waals surface area contributed by atoms with Crippen LogP contribution in [0.2, 0.25) is 0 Å². The van der Waals surface area contributed by atoms with Crippen LogP contribution in [0.5, 0.6) is 0 Å². The topological polar surface area (TPSA) is 98.5 Å². The first kappa shape index (κ1) is 14.2. The van der Waals surface area contributed by atoms with Crippen molar-refractivity contribution >= 4 is 16.1 Å². The molecule has 0 rings (SSSR count). The molecule has 0 aliphatic rings. The molecule has 6 nitrogen and oxygen atoms in total. The van der Waals surface area contributed by atoms with Crippen LogP contribution in [0.4, 0.5) is 4.79 Å². The van der Waals surface area contributed by atoms with Gasteiger partial charge in [0.2, 0.25) is 10.0 Å². The highest BCUT2D eigenvalue weighted by atomic mass is 32.2. The van der Waals surface area contributed by atoms with E-state index in [-0.39, 0.29) is 5.75 Å². The Labute approximate surface area is 90.2 Å². The van der Waals surface area contributed by atoms with Crippen molar-refractivity contribution in [2.75, 3.05) is 5.75 Å². The van der Waals surface area contributed by atoms with Crippen LogP contribution in [0.3, 0.4) is 0 Å². The second-order valence-corrected chi connectivity index (χ2v) is 6.04. The monoisotopic (exact) mass is 238 g/mol. The molecule has 0 aromatic heterocycles. The van der Waals surface area contributed by atoms with Crippen LogP contribution in [-0.2, 0) is 14.8 Å². The first-order valence-electron chi connectivity index (χ1n) is 4.49. The van der Waals surface area contributed by atoms with Crippen molar-refractivity contribution in [1.29, 1.82) is 0 Å². The zero-order valence-electron chi connectivity index (χ0n) is 9.40. The van der Waals surface area contributed by atoms with E-state index in [1.54, 1.807) is 20.8 Å². The molecular weight excluding hydrogens is 220 g/mol. The van der Waals surface area contributed by atoms with Crippen molar-refractivity contribution in [2.24, 2.45) is 5.14 Å². The van der Waals surface area contributed by atoms with Gasteiger partial charge in [-0.25, -0.2) is 18.4 Å². The molecule has 0 saturated heterocycles. The Morgan fingerprint density at radius 1 is 1.47 bits per heavy atom. The van der Waals surface area contributed by atoms with Gasteiger partial charge in [0.15, 0.2) is 0 Å². The number of amides is 1. The third kappa shape index (κ3) is 9.48. The maximum Gasteiger partial charge on any atom is 0.407 e. The maximum atomic E-state index is 11.2. The van der Waals surface area contributed by atoms with Crippen molar-refractivity contribution in [3.8, 4) is 0 Å². The Morgan fingerprint density at radius 2 is 1.93 bits per heavy atom. The van der Waals surface area contributed by atoms with Crippen molar-refractivity contribution in [1.82, 2.24) is 5.32 Å². The van der Waals surface area contributed by atoms with Crippen LogP contribution >= 0.6 is 0 Å². The molecule has 3 N–H and O–H groups in total. The summed E-state index contributed by atoms with van der Waals surface area (Å²) >= 11 is 0. The van der Waals surface area contributed by atoms with Gasteiger partial charge in [-0.15, -0.1) is 0 Å². The van der Waals surface area contributed by atoms with E-state index in [9.17, 15) is 13.2 Å². The molecule has 0 aromatic rings. The number of nitrogens with two attached hydrogens (primary N) is 1. The Morgan fingerprint density at radius 3 is 2.27 bits per heavy atom. The summed E-state index contributed by atoms with van der Waals surface area (Å²) in [7, 11) is -3.58. The highest BCUT2D eigenvalue weighted by molar-refractivity contribution is 7.89. The first-order valence-corrected chi connectivity index (χ1v) is 6.21. The Bertz CT molecular complexity index is 318. The number of nitrogens with one attached hydrogen (secondary N) is 1. The number of rotatable bonds is 3. The van der Waals surface area contributed by atoms with Crippen molar-refractivity contribution in [3.05, 3.63) is 0 Å². The average Bonchev–Trinajstić information content (AvgIpc) is 1.73. The Kier molecular flexibility index (Phi) is 4.54. The smallest absolute Gasteiger partial charge is 0.407 e. The third-order valence-corrected chi connectivity index (χ3v) is 2.21. The van der Waals surface area contributed by atoms with Gasteiger partial charge in [0.05, 0.1) is 5.75 Å². The zero-order valence-corrected chi connectivity index (χ0v) is 10.2. The molecule has 90 valence electrons. The number of sulfonamides is 1. The van der Waals surface area contributed by atoms with Gasteiger partial charge in [0.25, 0.3) is 0 Å². The summed E-state index contributed by atoms with van der Waals surface area (Å²) in [6, 6.07) is -0.574. The largest absolute Gasteiger partial charge is 0.444 e. The SMILES string of the molecule is C[C@H](CS(N)(=O)=O)NC(=O)OC(C)(C)C. The van der Waals surface area contributed by atoms with E-state index in [0.717, 1.165) is 0 Å². The Balaban J connectivity index is 4.09. The summed E-state index contributed by atoms with van der Waals surface area (Å²) in [5, 5.41) is 7.19. The second kappa shape index (κ2) is 4.80. The van der Waals surface area contributed by atoms with E-state index in [2.05, 4.69) is 5.32 Å². The normalized spacial score (nSPS) is 14.5. The van der Waals surface area contributed by atoms with E-state index in [4.69, 9.17) is 9.88 Å². The van der Waals surface area contributed by atoms with E-state index in [0.29, 0.717) is 0 Å². The predicted molar refractivity (Wildman–Crippen MR) is 56.8 cm³/mol. The van der Waals surface area contributed by atoms with Gasteiger partial charge in [0.1, 0.15) is 5.60 Å². The molecule has 1 amide bonds. The van der Waals surface area contributed by atoms with Crippen molar-refractivity contribution in [2.45, 2.75) is 39.3 Å². The fourth-order valence-corrected chi connectivity index (χ4v) is 1.68. The molecule has 0 unspecified atom stereocenters. The fraction of sp³-hybridized carbons (Fsp3) is 0.875. The molecule has 15 heavy (non-hydrogen) atoms. The molecule has 0 radical (unpaired) electrons. The summed E-state index contributed by atoms with van der Waals surface area (Å²) in [5.41, 5.74) is -0.606. The van der Waals surface area contributed by atoms with Crippen LogP contribution in [0, 0.1) is 0 Å². The first-order chi connectivity index (χ1) is 6.49. The molecule has 0 spiro atoms. The number of carbonyl (C=O) groups is 1. The summed E-state index contributed by atoms with van der Waals surface area (Å²) < 4.78 is 26.3. The zero-order chi connectivity index (χ0) is 12.3. The number of hydrogen-bond donors (Lipinski definition) is 2. The molecule has 7 heteroatoms. The number of alkyl carbamates (subject to hydrolysis) is 1. The number of hydrogen-bond acceptors (Lipinski definition) is 4. The number of ether oxygens (including phenoxy) is 1. The predicted octanol–water partition coefficient (Wildman–Crippen LogP) is 0.188. The highest BCUT2D eigenvalue weighted by Gasteiger charge is 2.19. The summed E-state index contributed by atoms with van der Waals surface area (Å²) in [6.45, 7) is 6.69. The lowest BCUT2D eigenvalue weighted by Crippen LogP contribution is -2.42. The van der Waals surface area contributed by atoms with E-state index in [1.165, 1.54) is 6.92 Å². The molecule has 0 fully saturated rings. The molecular formula is C8H18N2O4S. The second-order valence-electron chi connectivity index (χ2n) is 4.38. The van der Waals surface area contributed by atoms with Crippen molar-refractivity contribution in [3.63, 3.8) is 0 Å².